The molecule has 17 heavy (non-hydrogen) atoms. The van der Waals surface area contributed by atoms with Crippen LogP contribution in [0.2, 0.25) is 0 Å². The maximum Gasteiger partial charge on any atom is 0.134 e. The van der Waals surface area contributed by atoms with Crippen molar-refractivity contribution >= 4 is 26.7 Å². The van der Waals surface area contributed by atoms with Crippen molar-refractivity contribution in [3.05, 3.63) is 40.9 Å². The summed E-state index contributed by atoms with van der Waals surface area (Å²) in [6.07, 6.45) is 0. The highest BCUT2D eigenvalue weighted by Gasteiger charge is 2.40. The minimum Gasteiger partial charge on any atom is -0.489 e. The molecule has 0 spiro atoms. The molecule has 0 radical (unpaired) electrons. The van der Waals surface area contributed by atoms with E-state index in [9.17, 15) is 0 Å². The summed E-state index contributed by atoms with van der Waals surface area (Å²) in [6.45, 7) is 3.45. The Hall–Kier alpha value is -1.06. The fraction of sp³-hybridized carbons (Fsp3) is 0.286. The quantitative estimate of drug-likeness (QED) is 0.803. The second-order valence-electron chi connectivity index (χ2n) is 4.63. The number of halogens is 1. The summed E-state index contributed by atoms with van der Waals surface area (Å²) in [5.41, 5.74) is -0.0783. The van der Waals surface area contributed by atoms with Crippen molar-refractivity contribution < 1.29 is 9.47 Å². The Kier molecular flexibility index (Phi) is 2.60. The third kappa shape index (κ3) is 2.17. The fourth-order valence-corrected chi connectivity index (χ4v) is 2.37. The molecule has 1 atom stereocenters. The van der Waals surface area contributed by atoms with Gasteiger partial charge in [0.05, 0.1) is 11.1 Å². The van der Waals surface area contributed by atoms with Crippen LogP contribution in [-0.4, -0.2) is 18.8 Å². The number of rotatable bonds is 3. The Balaban J connectivity index is 1.91. The topological polar surface area (TPSA) is 21.8 Å². The Morgan fingerprint density at radius 1 is 1.29 bits per heavy atom. The molecule has 2 aromatic carbocycles. The summed E-state index contributed by atoms with van der Waals surface area (Å²) in [5, 5.41) is 2.38. The van der Waals surface area contributed by atoms with E-state index in [2.05, 4.69) is 41.1 Å². The van der Waals surface area contributed by atoms with E-state index in [0.29, 0.717) is 6.61 Å². The van der Waals surface area contributed by atoms with Gasteiger partial charge in [-0.3, -0.25) is 0 Å². The van der Waals surface area contributed by atoms with Crippen LogP contribution in [0.3, 0.4) is 0 Å². The van der Waals surface area contributed by atoms with Gasteiger partial charge in [-0.1, -0.05) is 30.3 Å². The molecule has 3 heteroatoms. The predicted octanol–water partition coefficient (Wildman–Crippen LogP) is 3.77. The zero-order valence-corrected chi connectivity index (χ0v) is 11.2. The molecular formula is C14H13BrO2. The minimum absolute atomic E-state index is 0.0783. The molecule has 0 aliphatic carbocycles. The molecule has 2 nitrogen and oxygen atoms in total. The molecule has 0 saturated carbocycles. The third-order valence-corrected chi connectivity index (χ3v) is 3.82. The van der Waals surface area contributed by atoms with Crippen LogP contribution < -0.4 is 4.74 Å². The number of hydrogen-bond donors (Lipinski definition) is 0. The van der Waals surface area contributed by atoms with Gasteiger partial charge < -0.3 is 9.47 Å². The van der Waals surface area contributed by atoms with Gasteiger partial charge >= 0.3 is 0 Å². The van der Waals surface area contributed by atoms with Crippen LogP contribution in [0.5, 0.6) is 5.75 Å². The molecule has 1 fully saturated rings. The number of hydrogen-bond acceptors (Lipinski definition) is 2. The number of fused-ring (bicyclic) bond motifs is 1. The van der Waals surface area contributed by atoms with Crippen molar-refractivity contribution in [2.75, 3.05) is 13.2 Å². The fourth-order valence-electron chi connectivity index (χ4n) is 1.76. The van der Waals surface area contributed by atoms with Crippen molar-refractivity contribution in [3.63, 3.8) is 0 Å². The maximum atomic E-state index is 5.80. The smallest absolute Gasteiger partial charge is 0.134 e. The first-order valence-electron chi connectivity index (χ1n) is 5.62. The van der Waals surface area contributed by atoms with Crippen LogP contribution in [0, 0.1) is 0 Å². The molecule has 0 N–H and O–H groups in total. The molecule has 0 amide bonds. The zero-order chi connectivity index (χ0) is 11.9. The van der Waals surface area contributed by atoms with Crippen LogP contribution in [0.1, 0.15) is 6.92 Å². The van der Waals surface area contributed by atoms with E-state index in [1.165, 1.54) is 10.8 Å². The largest absolute Gasteiger partial charge is 0.489 e. The second kappa shape index (κ2) is 4.00. The lowest BCUT2D eigenvalue weighted by Crippen LogP contribution is -2.17. The number of benzene rings is 2. The highest BCUT2D eigenvalue weighted by atomic mass is 79.9. The van der Waals surface area contributed by atoms with Gasteiger partial charge in [-0.2, -0.15) is 0 Å². The van der Waals surface area contributed by atoms with E-state index in [1.54, 1.807) is 0 Å². The molecule has 1 heterocycles. The average Bonchev–Trinajstić information content (AvgIpc) is 3.07. The van der Waals surface area contributed by atoms with Crippen molar-refractivity contribution in [2.45, 2.75) is 12.5 Å². The van der Waals surface area contributed by atoms with Crippen LogP contribution in [-0.2, 0) is 4.74 Å². The van der Waals surface area contributed by atoms with E-state index >= 15 is 0 Å². The molecule has 2 aromatic rings. The molecule has 1 aliphatic heterocycles. The van der Waals surface area contributed by atoms with Gasteiger partial charge in [-0.15, -0.1) is 0 Å². The molecule has 88 valence electrons. The average molecular weight is 293 g/mol. The lowest BCUT2D eigenvalue weighted by molar-refractivity contribution is 0.202. The summed E-state index contributed by atoms with van der Waals surface area (Å²) >= 11 is 3.60. The molecule has 0 aromatic heterocycles. The SMILES string of the molecule is CC1(COc2ccc3ccccc3c2Br)CO1. The van der Waals surface area contributed by atoms with Crippen molar-refractivity contribution in [1.29, 1.82) is 0 Å². The lowest BCUT2D eigenvalue weighted by atomic mass is 10.1. The van der Waals surface area contributed by atoms with Crippen molar-refractivity contribution in [2.24, 2.45) is 0 Å². The van der Waals surface area contributed by atoms with Gasteiger partial charge in [-0.25, -0.2) is 0 Å². The molecule has 1 aliphatic rings. The summed E-state index contributed by atoms with van der Waals surface area (Å²) < 4.78 is 12.1. The first-order valence-corrected chi connectivity index (χ1v) is 6.41. The first kappa shape index (κ1) is 11.1. The van der Waals surface area contributed by atoms with Gasteiger partial charge in [0.25, 0.3) is 0 Å². The van der Waals surface area contributed by atoms with Crippen molar-refractivity contribution in [1.82, 2.24) is 0 Å². The van der Waals surface area contributed by atoms with E-state index in [-0.39, 0.29) is 5.60 Å². The Morgan fingerprint density at radius 3 is 2.82 bits per heavy atom. The van der Waals surface area contributed by atoms with Crippen LogP contribution >= 0.6 is 15.9 Å². The summed E-state index contributed by atoms with van der Waals surface area (Å²) in [5.74, 6) is 0.875. The van der Waals surface area contributed by atoms with Crippen LogP contribution in [0.4, 0.5) is 0 Å². The van der Waals surface area contributed by atoms with Gasteiger partial charge in [-0.05, 0) is 39.7 Å². The summed E-state index contributed by atoms with van der Waals surface area (Å²) in [7, 11) is 0. The van der Waals surface area contributed by atoms with Crippen molar-refractivity contribution in [3.8, 4) is 5.75 Å². The third-order valence-electron chi connectivity index (χ3n) is 3.00. The molecule has 1 saturated heterocycles. The van der Waals surface area contributed by atoms with E-state index in [1.807, 2.05) is 18.2 Å². The summed E-state index contributed by atoms with van der Waals surface area (Å²) in [4.78, 5) is 0. The first-order chi connectivity index (χ1) is 8.18. The Labute approximate surface area is 109 Å². The molecule has 0 bridgehead atoms. The minimum atomic E-state index is -0.0783. The van der Waals surface area contributed by atoms with Crippen LogP contribution in [0.25, 0.3) is 10.8 Å². The lowest BCUT2D eigenvalue weighted by Gasteiger charge is -2.12. The molecule has 3 rings (SSSR count). The van der Waals surface area contributed by atoms with E-state index in [0.717, 1.165) is 16.8 Å². The Morgan fingerprint density at radius 2 is 2.06 bits per heavy atom. The Bertz CT molecular complexity index is 561. The van der Waals surface area contributed by atoms with Gasteiger partial charge in [0.1, 0.15) is 18.0 Å². The van der Waals surface area contributed by atoms with Gasteiger partial charge in [0.15, 0.2) is 0 Å². The predicted molar refractivity (Wildman–Crippen MR) is 71.5 cm³/mol. The summed E-state index contributed by atoms with van der Waals surface area (Å²) in [6, 6.07) is 12.3. The molecular weight excluding hydrogens is 280 g/mol. The number of ether oxygens (including phenoxy) is 2. The highest BCUT2D eigenvalue weighted by molar-refractivity contribution is 9.10. The highest BCUT2D eigenvalue weighted by Crippen LogP contribution is 2.35. The zero-order valence-electron chi connectivity index (χ0n) is 9.57. The normalized spacial score (nSPS) is 22.7. The van der Waals surface area contributed by atoms with Gasteiger partial charge in [0, 0.05) is 0 Å². The van der Waals surface area contributed by atoms with Gasteiger partial charge in [0.2, 0.25) is 0 Å². The second-order valence-corrected chi connectivity index (χ2v) is 5.42. The van der Waals surface area contributed by atoms with Crippen LogP contribution in [0.15, 0.2) is 40.9 Å². The maximum absolute atomic E-state index is 5.80. The standard InChI is InChI=1S/C14H13BrO2/c1-14(9-17-14)8-16-12-7-6-10-4-2-3-5-11(10)13(12)15/h2-7H,8-9H2,1H3. The van der Waals surface area contributed by atoms with E-state index < -0.39 is 0 Å². The number of epoxide rings is 1. The molecule has 1 unspecified atom stereocenters. The van der Waals surface area contributed by atoms with E-state index in [4.69, 9.17) is 9.47 Å². The monoisotopic (exact) mass is 292 g/mol.